The number of halogens is 2. The predicted molar refractivity (Wildman–Crippen MR) is 73.5 cm³/mol. The summed E-state index contributed by atoms with van der Waals surface area (Å²) in [5.41, 5.74) is 6.15. The molecule has 0 bridgehead atoms. The van der Waals surface area contributed by atoms with Crippen LogP contribution in [0, 0.1) is 0 Å². The first kappa shape index (κ1) is 12.8. The van der Waals surface area contributed by atoms with Crippen molar-refractivity contribution in [1.29, 1.82) is 0 Å². The molecule has 0 saturated heterocycles. The van der Waals surface area contributed by atoms with Gasteiger partial charge < -0.3 is 11.1 Å². The van der Waals surface area contributed by atoms with E-state index in [0.717, 1.165) is 0 Å². The Morgan fingerprint density at radius 3 is 2.89 bits per heavy atom. The fourth-order valence-corrected chi connectivity index (χ4v) is 1.82. The van der Waals surface area contributed by atoms with E-state index in [9.17, 15) is 4.79 Å². The van der Waals surface area contributed by atoms with E-state index >= 15 is 0 Å². The lowest BCUT2D eigenvalue weighted by Gasteiger charge is -2.07. The second-order valence-electron chi connectivity index (χ2n) is 3.38. The molecular weight excluding hydrogens is 320 g/mol. The third-order valence-electron chi connectivity index (χ3n) is 2.09. The second-order valence-corrected chi connectivity index (χ2v) is 4.58. The van der Waals surface area contributed by atoms with E-state index in [1.807, 2.05) is 0 Å². The molecule has 0 radical (unpaired) electrons. The third-order valence-corrected chi connectivity index (χ3v) is 3.48. The Kier molecular flexibility index (Phi) is 3.78. The van der Waals surface area contributed by atoms with Crippen molar-refractivity contribution in [2.45, 2.75) is 0 Å². The summed E-state index contributed by atoms with van der Waals surface area (Å²) in [4.78, 5) is 19.6. The van der Waals surface area contributed by atoms with E-state index in [4.69, 9.17) is 17.3 Å². The number of anilines is 2. The van der Waals surface area contributed by atoms with Crippen molar-refractivity contribution in [2.75, 3.05) is 11.1 Å². The lowest BCUT2D eigenvalue weighted by molar-refractivity contribution is 0.102. The average Bonchev–Trinajstić information content (AvgIpc) is 2.35. The first-order valence-electron chi connectivity index (χ1n) is 4.91. The molecule has 0 aliphatic rings. The molecule has 1 amide bonds. The van der Waals surface area contributed by atoms with Gasteiger partial charge in [0.1, 0.15) is 11.5 Å². The first-order valence-corrected chi connectivity index (χ1v) is 6.08. The Labute approximate surface area is 117 Å². The molecule has 0 fully saturated rings. The van der Waals surface area contributed by atoms with Crippen LogP contribution in [0.4, 0.5) is 11.5 Å². The highest BCUT2D eigenvalue weighted by Gasteiger charge is 2.11. The van der Waals surface area contributed by atoms with Crippen LogP contribution in [0.3, 0.4) is 0 Å². The van der Waals surface area contributed by atoms with Crippen LogP contribution >= 0.6 is 27.5 Å². The summed E-state index contributed by atoms with van der Waals surface area (Å²) < 4.78 is 0.608. The van der Waals surface area contributed by atoms with Gasteiger partial charge in [0.25, 0.3) is 5.91 Å². The third kappa shape index (κ3) is 2.77. The summed E-state index contributed by atoms with van der Waals surface area (Å²) in [6.45, 7) is 0. The number of nitrogens with zero attached hydrogens (tertiary/aromatic N) is 2. The van der Waals surface area contributed by atoms with E-state index < -0.39 is 5.91 Å². The maximum atomic E-state index is 11.9. The molecule has 1 aromatic heterocycles. The predicted octanol–water partition coefficient (Wildman–Crippen LogP) is 2.73. The highest BCUT2D eigenvalue weighted by atomic mass is 79.9. The van der Waals surface area contributed by atoms with Gasteiger partial charge >= 0.3 is 0 Å². The topological polar surface area (TPSA) is 80.9 Å². The van der Waals surface area contributed by atoms with Crippen molar-refractivity contribution < 1.29 is 4.79 Å². The van der Waals surface area contributed by atoms with Crippen LogP contribution in [0.5, 0.6) is 0 Å². The number of aromatic nitrogens is 2. The van der Waals surface area contributed by atoms with Crippen LogP contribution in [-0.4, -0.2) is 15.9 Å². The number of nitrogen functional groups attached to an aromatic ring is 1. The van der Waals surface area contributed by atoms with Crippen molar-refractivity contribution in [2.24, 2.45) is 0 Å². The van der Waals surface area contributed by atoms with Crippen molar-refractivity contribution in [3.05, 3.63) is 45.8 Å². The van der Waals surface area contributed by atoms with Gasteiger partial charge in [-0.05, 0) is 28.1 Å². The summed E-state index contributed by atoms with van der Waals surface area (Å²) >= 11 is 9.21. The minimum Gasteiger partial charge on any atom is -0.382 e. The molecule has 2 rings (SSSR count). The average molecular weight is 328 g/mol. The smallest absolute Gasteiger partial charge is 0.275 e. The Bertz CT molecular complexity index is 605. The van der Waals surface area contributed by atoms with Crippen LogP contribution < -0.4 is 11.1 Å². The minimum atomic E-state index is -0.405. The Balaban J connectivity index is 2.24. The molecule has 0 aliphatic carbocycles. The number of nitrogens with two attached hydrogens (primary N) is 1. The summed E-state index contributed by atoms with van der Waals surface area (Å²) in [5.74, 6) is -0.217. The van der Waals surface area contributed by atoms with Gasteiger partial charge in [0.2, 0.25) is 0 Å². The molecule has 1 heterocycles. The van der Waals surface area contributed by atoms with Crippen molar-refractivity contribution in [3.8, 4) is 0 Å². The Morgan fingerprint density at radius 1 is 1.39 bits per heavy atom. The number of carbonyl (C=O) groups excluding carboxylic acids is 1. The van der Waals surface area contributed by atoms with Gasteiger partial charge in [-0.3, -0.25) is 9.78 Å². The van der Waals surface area contributed by atoms with E-state index in [-0.39, 0.29) is 11.5 Å². The van der Waals surface area contributed by atoms with Gasteiger partial charge in [-0.1, -0.05) is 17.7 Å². The molecule has 0 atom stereocenters. The Morgan fingerprint density at radius 2 is 2.17 bits per heavy atom. The normalized spacial score (nSPS) is 10.1. The number of amides is 1. The molecule has 7 heteroatoms. The zero-order valence-electron chi connectivity index (χ0n) is 9.02. The van der Waals surface area contributed by atoms with E-state index in [1.54, 1.807) is 18.2 Å². The van der Waals surface area contributed by atoms with Crippen LogP contribution in [0.25, 0.3) is 0 Å². The standard InChI is InChI=1S/C11H8BrClN4O/c12-10-6(13)2-1-3-7(10)17-11(18)8-4-15-5-9(14)16-8/h1-5H,(H2,14,16)(H,17,18). The van der Waals surface area contributed by atoms with Gasteiger partial charge in [0, 0.05) is 0 Å². The highest BCUT2D eigenvalue weighted by molar-refractivity contribution is 9.10. The van der Waals surface area contributed by atoms with Crippen LogP contribution in [0.1, 0.15) is 10.5 Å². The van der Waals surface area contributed by atoms with Crippen LogP contribution in [0.2, 0.25) is 5.02 Å². The van der Waals surface area contributed by atoms with E-state index in [1.165, 1.54) is 12.4 Å². The fraction of sp³-hybridized carbons (Fsp3) is 0. The maximum absolute atomic E-state index is 11.9. The molecule has 0 saturated carbocycles. The molecule has 1 aromatic carbocycles. The quantitative estimate of drug-likeness (QED) is 0.888. The molecular formula is C11H8BrClN4O. The zero-order valence-corrected chi connectivity index (χ0v) is 11.4. The summed E-state index contributed by atoms with van der Waals surface area (Å²) in [5, 5.41) is 3.17. The van der Waals surface area contributed by atoms with Gasteiger partial charge in [-0.15, -0.1) is 0 Å². The molecule has 0 spiro atoms. The van der Waals surface area contributed by atoms with Crippen molar-refractivity contribution in [3.63, 3.8) is 0 Å². The maximum Gasteiger partial charge on any atom is 0.275 e. The number of hydrogen-bond acceptors (Lipinski definition) is 4. The molecule has 2 aromatic rings. The molecule has 0 aliphatic heterocycles. The molecule has 3 N–H and O–H groups in total. The summed E-state index contributed by atoms with van der Waals surface area (Å²) in [7, 11) is 0. The number of benzene rings is 1. The lowest BCUT2D eigenvalue weighted by Crippen LogP contribution is -2.15. The largest absolute Gasteiger partial charge is 0.382 e. The summed E-state index contributed by atoms with van der Waals surface area (Å²) in [6, 6.07) is 5.16. The number of nitrogens with one attached hydrogen (secondary N) is 1. The highest BCUT2D eigenvalue weighted by Crippen LogP contribution is 2.30. The molecule has 5 nitrogen and oxygen atoms in total. The number of carbonyl (C=O) groups is 1. The second kappa shape index (κ2) is 5.32. The van der Waals surface area contributed by atoms with Gasteiger partial charge in [0.05, 0.1) is 27.6 Å². The van der Waals surface area contributed by atoms with Gasteiger partial charge in [-0.25, -0.2) is 4.98 Å². The van der Waals surface area contributed by atoms with Crippen LogP contribution in [0.15, 0.2) is 35.1 Å². The van der Waals surface area contributed by atoms with Gasteiger partial charge in [-0.2, -0.15) is 0 Å². The van der Waals surface area contributed by atoms with Gasteiger partial charge in [0.15, 0.2) is 0 Å². The Hall–Kier alpha value is -1.66. The molecule has 0 unspecified atom stereocenters. The lowest BCUT2D eigenvalue weighted by atomic mass is 10.3. The van der Waals surface area contributed by atoms with Crippen molar-refractivity contribution >= 4 is 44.9 Å². The van der Waals surface area contributed by atoms with E-state index in [0.29, 0.717) is 15.2 Å². The number of hydrogen-bond donors (Lipinski definition) is 2. The van der Waals surface area contributed by atoms with Crippen LogP contribution in [-0.2, 0) is 0 Å². The molecule has 92 valence electrons. The first-order chi connectivity index (χ1) is 8.58. The fourth-order valence-electron chi connectivity index (χ4n) is 1.28. The molecule has 18 heavy (non-hydrogen) atoms. The monoisotopic (exact) mass is 326 g/mol. The number of rotatable bonds is 2. The SMILES string of the molecule is Nc1cncc(C(=O)Nc2cccc(Cl)c2Br)n1. The van der Waals surface area contributed by atoms with E-state index in [2.05, 4.69) is 31.2 Å². The van der Waals surface area contributed by atoms with Crippen molar-refractivity contribution in [1.82, 2.24) is 9.97 Å². The summed E-state index contributed by atoms with van der Waals surface area (Å²) in [6.07, 6.45) is 2.70. The zero-order chi connectivity index (χ0) is 13.1. The minimum absolute atomic E-state index is 0.141.